The molecule has 0 radical (unpaired) electrons. The van der Waals surface area contributed by atoms with Crippen molar-refractivity contribution in [1.29, 1.82) is 0 Å². The minimum atomic E-state index is -0.283. The number of amides is 1. The average Bonchev–Trinajstić information content (AvgIpc) is 3.08. The van der Waals surface area contributed by atoms with Gasteiger partial charge in [0.05, 0.1) is 6.42 Å². The maximum atomic E-state index is 12.9. The molecular formula is C20H23FN2O. The Morgan fingerprint density at radius 1 is 1.00 bits per heavy atom. The SMILES string of the molecule is O=C(Cc1ccc(F)cc1)NCc1cccc(CN2CCCC2)c1. The Kier molecular flexibility index (Phi) is 5.59. The Bertz CT molecular complexity index is 678. The highest BCUT2D eigenvalue weighted by Gasteiger charge is 2.11. The minimum Gasteiger partial charge on any atom is -0.352 e. The summed E-state index contributed by atoms with van der Waals surface area (Å²) in [6.07, 6.45) is 2.85. The third-order valence-electron chi connectivity index (χ3n) is 4.36. The van der Waals surface area contributed by atoms with Gasteiger partial charge in [-0.3, -0.25) is 9.69 Å². The zero-order chi connectivity index (χ0) is 16.8. The largest absolute Gasteiger partial charge is 0.352 e. The molecule has 0 spiro atoms. The highest BCUT2D eigenvalue weighted by atomic mass is 19.1. The summed E-state index contributed by atoms with van der Waals surface area (Å²) in [4.78, 5) is 14.5. The van der Waals surface area contributed by atoms with Crippen LogP contribution in [0.1, 0.15) is 29.5 Å². The standard InChI is InChI=1S/C20H23FN2O/c21-19-8-6-16(7-9-19)13-20(24)22-14-17-4-3-5-18(12-17)15-23-10-1-2-11-23/h3-9,12H,1-2,10-11,13-15H2,(H,22,24). The molecule has 1 N–H and O–H groups in total. The highest BCUT2D eigenvalue weighted by molar-refractivity contribution is 5.78. The summed E-state index contributed by atoms with van der Waals surface area (Å²) >= 11 is 0. The summed E-state index contributed by atoms with van der Waals surface area (Å²) < 4.78 is 12.9. The minimum absolute atomic E-state index is 0.0495. The second-order valence-corrected chi connectivity index (χ2v) is 6.38. The third kappa shape index (κ3) is 4.90. The second-order valence-electron chi connectivity index (χ2n) is 6.38. The lowest BCUT2D eigenvalue weighted by Crippen LogP contribution is -2.24. The summed E-state index contributed by atoms with van der Waals surface area (Å²) in [7, 11) is 0. The highest BCUT2D eigenvalue weighted by Crippen LogP contribution is 2.14. The van der Waals surface area contributed by atoms with E-state index in [9.17, 15) is 9.18 Å². The van der Waals surface area contributed by atoms with Gasteiger partial charge in [-0.25, -0.2) is 4.39 Å². The first-order chi connectivity index (χ1) is 11.7. The molecule has 0 bridgehead atoms. The van der Waals surface area contributed by atoms with Crippen LogP contribution in [0.25, 0.3) is 0 Å². The van der Waals surface area contributed by atoms with Crippen molar-refractivity contribution in [3.8, 4) is 0 Å². The molecule has 1 fully saturated rings. The fraction of sp³-hybridized carbons (Fsp3) is 0.350. The van der Waals surface area contributed by atoms with Crippen LogP contribution in [0.4, 0.5) is 4.39 Å². The number of rotatable bonds is 6. The van der Waals surface area contributed by atoms with Gasteiger partial charge in [0, 0.05) is 13.1 Å². The van der Waals surface area contributed by atoms with Gasteiger partial charge in [0.15, 0.2) is 0 Å². The molecule has 1 heterocycles. The van der Waals surface area contributed by atoms with E-state index in [4.69, 9.17) is 0 Å². The van der Waals surface area contributed by atoms with Crippen molar-refractivity contribution in [3.05, 3.63) is 71.0 Å². The Morgan fingerprint density at radius 3 is 2.46 bits per heavy atom. The Balaban J connectivity index is 1.50. The molecule has 0 saturated carbocycles. The number of carbonyl (C=O) groups is 1. The number of carbonyl (C=O) groups excluding carboxylic acids is 1. The van der Waals surface area contributed by atoms with Gasteiger partial charge in [0.1, 0.15) is 5.82 Å². The van der Waals surface area contributed by atoms with Crippen LogP contribution in [0, 0.1) is 5.82 Å². The van der Waals surface area contributed by atoms with Crippen LogP contribution < -0.4 is 5.32 Å². The van der Waals surface area contributed by atoms with Crippen molar-refractivity contribution in [2.24, 2.45) is 0 Å². The molecule has 0 aromatic heterocycles. The zero-order valence-corrected chi connectivity index (χ0v) is 13.8. The summed E-state index contributed by atoms with van der Waals surface area (Å²) in [6, 6.07) is 14.4. The monoisotopic (exact) mass is 326 g/mol. The van der Waals surface area contributed by atoms with Gasteiger partial charge in [0.2, 0.25) is 5.91 Å². The summed E-state index contributed by atoms with van der Waals surface area (Å²) in [5.74, 6) is -0.333. The second kappa shape index (κ2) is 8.06. The van der Waals surface area contributed by atoms with E-state index in [1.54, 1.807) is 12.1 Å². The van der Waals surface area contributed by atoms with E-state index in [0.29, 0.717) is 6.54 Å². The van der Waals surface area contributed by atoms with Crippen LogP contribution in [-0.2, 0) is 24.3 Å². The van der Waals surface area contributed by atoms with Crippen molar-refractivity contribution in [1.82, 2.24) is 10.2 Å². The number of nitrogens with zero attached hydrogens (tertiary/aromatic N) is 1. The molecule has 1 aliphatic heterocycles. The first-order valence-electron chi connectivity index (χ1n) is 8.50. The van der Waals surface area contributed by atoms with Gasteiger partial charge < -0.3 is 5.32 Å². The lowest BCUT2D eigenvalue weighted by Gasteiger charge is -2.15. The molecule has 1 saturated heterocycles. The topological polar surface area (TPSA) is 32.3 Å². The van der Waals surface area contributed by atoms with E-state index < -0.39 is 0 Å². The zero-order valence-electron chi connectivity index (χ0n) is 13.8. The fourth-order valence-corrected chi connectivity index (χ4v) is 3.09. The van der Waals surface area contributed by atoms with E-state index in [-0.39, 0.29) is 18.1 Å². The van der Waals surface area contributed by atoms with Gasteiger partial charge >= 0.3 is 0 Å². The molecule has 0 unspecified atom stereocenters. The average molecular weight is 326 g/mol. The van der Waals surface area contributed by atoms with Crippen LogP contribution in [0.5, 0.6) is 0 Å². The number of nitrogens with one attached hydrogen (secondary N) is 1. The number of hydrogen-bond acceptors (Lipinski definition) is 2. The molecule has 0 atom stereocenters. The molecule has 2 aromatic rings. The first kappa shape index (κ1) is 16.7. The van der Waals surface area contributed by atoms with Crippen LogP contribution in [-0.4, -0.2) is 23.9 Å². The number of hydrogen-bond donors (Lipinski definition) is 1. The third-order valence-corrected chi connectivity index (χ3v) is 4.36. The van der Waals surface area contributed by atoms with Crippen LogP contribution >= 0.6 is 0 Å². The molecule has 3 nitrogen and oxygen atoms in total. The molecule has 126 valence electrons. The predicted molar refractivity (Wildman–Crippen MR) is 92.9 cm³/mol. The van der Waals surface area contributed by atoms with Crippen molar-refractivity contribution in [3.63, 3.8) is 0 Å². The van der Waals surface area contributed by atoms with Gasteiger partial charge in [-0.2, -0.15) is 0 Å². The van der Waals surface area contributed by atoms with Crippen molar-refractivity contribution >= 4 is 5.91 Å². The lowest BCUT2D eigenvalue weighted by atomic mass is 10.1. The molecule has 4 heteroatoms. The molecule has 1 aliphatic rings. The van der Waals surface area contributed by atoms with Crippen molar-refractivity contribution in [2.75, 3.05) is 13.1 Å². The normalized spacial score (nSPS) is 14.7. The van der Waals surface area contributed by atoms with Crippen LogP contribution in [0.2, 0.25) is 0 Å². The molecule has 24 heavy (non-hydrogen) atoms. The lowest BCUT2D eigenvalue weighted by molar-refractivity contribution is -0.120. The van der Waals surface area contributed by atoms with Crippen LogP contribution in [0.15, 0.2) is 48.5 Å². The van der Waals surface area contributed by atoms with Crippen molar-refractivity contribution in [2.45, 2.75) is 32.4 Å². The Morgan fingerprint density at radius 2 is 1.71 bits per heavy atom. The van der Waals surface area contributed by atoms with E-state index in [1.165, 1.54) is 43.6 Å². The number of likely N-dealkylation sites (tertiary alicyclic amines) is 1. The summed E-state index contributed by atoms with van der Waals surface area (Å²) in [5, 5.41) is 2.94. The van der Waals surface area contributed by atoms with Gasteiger partial charge in [-0.15, -0.1) is 0 Å². The Labute approximate surface area is 142 Å². The smallest absolute Gasteiger partial charge is 0.224 e. The fourth-order valence-electron chi connectivity index (χ4n) is 3.09. The Hall–Kier alpha value is -2.20. The van der Waals surface area contributed by atoms with Gasteiger partial charge in [0.25, 0.3) is 0 Å². The van der Waals surface area contributed by atoms with E-state index in [1.807, 2.05) is 12.1 Å². The van der Waals surface area contributed by atoms with Gasteiger partial charge in [-0.05, 0) is 54.8 Å². The summed E-state index contributed by atoms with van der Waals surface area (Å²) in [5.41, 5.74) is 3.22. The van der Waals surface area contributed by atoms with E-state index >= 15 is 0 Å². The van der Waals surface area contributed by atoms with Gasteiger partial charge in [-0.1, -0.05) is 36.4 Å². The van der Waals surface area contributed by atoms with Crippen LogP contribution in [0.3, 0.4) is 0 Å². The van der Waals surface area contributed by atoms with E-state index in [2.05, 4.69) is 22.3 Å². The molecule has 2 aromatic carbocycles. The molecule has 1 amide bonds. The quantitative estimate of drug-likeness (QED) is 0.883. The van der Waals surface area contributed by atoms with Crippen molar-refractivity contribution < 1.29 is 9.18 Å². The summed E-state index contributed by atoms with van der Waals surface area (Å²) in [6.45, 7) is 3.86. The molecule has 0 aliphatic carbocycles. The maximum absolute atomic E-state index is 12.9. The molecular weight excluding hydrogens is 303 g/mol. The number of halogens is 1. The first-order valence-corrected chi connectivity index (χ1v) is 8.50. The predicted octanol–water partition coefficient (Wildman–Crippen LogP) is 3.28. The van der Waals surface area contributed by atoms with E-state index in [0.717, 1.165) is 17.7 Å². The maximum Gasteiger partial charge on any atom is 0.224 e. The number of benzene rings is 2. The molecule has 3 rings (SSSR count).